The van der Waals surface area contributed by atoms with Gasteiger partial charge in [-0.05, 0) is 31.5 Å². The molecule has 0 saturated carbocycles. The normalized spacial score (nSPS) is 19.6. The van der Waals surface area contributed by atoms with Crippen molar-refractivity contribution >= 4 is 0 Å². The second kappa shape index (κ2) is 6.66. The number of benzene rings is 1. The van der Waals surface area contributed by atoms with Gasteiger partial charge < -0.3 is 19.5 Å². The summed E-state index contributed by atoms with van der Waals surface area (Å²) < 4.78 is 16.3. The summed E-state index contributed by atoms with van der Waals surface area (Å²) in [4.78, 5) is 0. The molecule has 1 N–H and O–H groups in total. The van der Waals surface area contributed by atoms with Crippen LogP contribution in [0.25, 0.3) is 0 Å². The Labute approximate surface area is 115 Å². The Morgan fingerprint density at radius 1 is 0.947 bits per heavy atom. The number of rotatable bonds is 4. The molecule has 4 nitrogen and oxygen atoms in total. The molecular formula is C15H23NO3. The Morgan fingerprint density at radius 2 is 1.74 bits per heavy atom. The first-order chi connectivity index (χ1) is 9.31. The van der Waals surface area contributed by atoms with Crippen LogP contribution in [0.5, 0.6) is 17.2 Å². The predicted molar refractivity (Wildman–Crippen MR) is 75.3 cm³/mol. The van der Waals surface area contributed by atoms with Crippen LogP contribution in [-0.2, 0) is 0 Å². The molecule has 1 aliphatic rings. The molecule has 0 aromatic heterocycles. The van der Waals surface area contributed by atoms with Gasteiger partial charge in [0.05, 0.1) is 21.3 Å². The van der Waals surface area contributed by atoms with E-state index in [9.17, 15) is 0 Å². The summed E-state index contributed by atoms with van der Waals surface area (Å²) >= 11 is 0. The maximum Gasteiger partial charge on any atom is 0.203 e. The number of ether oxygens (including phenoxy) is 3. The minimum absolute atomic E-state index is 0.331. The van der Waals surface area contributed by atoms with Crippen LogP contribution in [0.1, 0.15) is 37.3 Å². The fourth-order valence-corrected chi connectivity index (χ4v) is 2.69. The van der Waals surface area contributed by atoms with Gasteiger partial charge in [-0.2, -0.15) is 0 Å². The van der Waals surface area contributed by atoms with Crippen molar-refractivity contribution in [3.8, 4) is 17.2 Å². The molecular weight excluding hydrogens is 242 g/mol. The van der Waals surface area contributed by atoms with E-state index in [-0.39, 0.29) is 0 Å². The van der Waals surface area contributed by atoms with Gasteiger partial charge >= 0.3 is 0 Å². The molecule has 19 heavy (non-hydrogen) atoms. The lowest BCUT2D eigenvalue weighted by molar-refractivity contribution is 0.318. The molecule has 0 radical (unpaired) electrons. The molecule has 0 amide bonds. The number of hydrogen-bond donors (Lipinski definition) is 1. The van der Waals surface area contributed by atoms with Crippen LogP contribution in [0.4, 0.5) is 0 Å². The molecule has 4 heteroatoms. The van der Waals surface area contributed by atoms with Gasteiger partial charge in [0.25, 0.3) is 0 Å². The Bertz CT molecular complexity index is 412. The van der Waals surface area contributed by atoms with Crippen molar-refractivity contribution in [1.29, 1.82) is 0 Å². The third-order valence-corrected chi connectivity index (χ3v) is 3.67. The molecule has 1 aromatic carbocycles. The molecule has 1 aliphatic heterocycles. The molecule has 0 spiro atoms. The third kappa shape index (κ3) is 2.95. The molecule has 1 fully saturated rings. The SMILES string of the molecule is COc1ccc(C2CCCCCN2)c(OC)c1OC. The zero-order chi connectivity index (χ0) is 13.7. The van der Waals surface area contributed by atoms with E-state index < -0.39 is 0 Å². The van der Waals surface area contributed by atoms with Crippen molar-refractivity contribution in [3.05, 3.63) is 17.7 Å². The first kappa shape index (κ1) is 14.0. The highest BCUT2D eigenvalue weighted by Crippen LogP contribution is 2.43. The smallest absolute Gasteiger partial charge is 0.203 e. The molecule has 0 bridgehead atoms. The summed E-state index contributed by atoms with van der Waals surface area (Å²) in [5, 5.41) is 3.59. The summed E-state index contributed by atoms with van der Waals surface area (Å²) in [6, 6.07) is 4.35. The van der Waals surface area contributed by atoms with Crippen molar-refractivity contribution < 1.29 is 14.2 Å². The van der Waals surface area contributed by atoms with Crippen molar-refractivity contribution in [1.82, 2.24) is 5.32 Å². The Morgan fingerprint density at radius 3 is 2.42 bits per heavy atom. The van der Waals surface area contributed by atoms with Gasteiger partial charge in [-0.25, -0.2) is 0 Å². The number of hydrogen-bond acceptors (Lipinski definition) is 4. The van der Waals surface area contributed by atoms with Gasteiger partial charge in [0.15, 0.2) is 11.5 Å². The highest BCUT2D eigenvalue weighted by atomic mass is 16.5. The van der Waals surface area contributed by atoms with E-state index >= 15 is 0 Å². The van der Waals surface area contributed by atoms with Crippen LogP contribution in [0.2, 0.25) is 0 Å². The van der Waals surface area contributed by atoms with Crippen molar-refractivity contribution in [3.63, 3.8) is 0 Å². The van der Waals surface area contributed by atoms with Crippen molar-refractivity contribution in [2.75, 3.05) is 27.9 Å². The molecule has 1 saturated heterocycles. The summed E-state index contributed by atoms with van der Waals surface area (Å²) in [5.41, 5.74) is 1.15. The van der Waals surface area contributed by atoms with E-state index in [1.807, 2.05) is 6.07 Å². The van der Waals surface area contributed by atoms with Gasteiger partial charge in [0, 0.05) is 11.6 Å². The van der Waals surface area contributed by atoms with Crippen molar-refractivity contribution in [2.45, 2.75) is 31.7 Å². The highest BCUT2D eigenvalue weighted by molar-refractivity contribution is 5.56. The molecule has 0 aliphatic carbocycles. The van der Waals surface area contributed by atoms with Crippen LogP contribution < -0.4 is 19.5 Å². The average Bonchev–Trinajstić information content (AvgIpc) is 2.74. The minimum Gasteiger partial charge on any atom is -0.493 e. The van der Waals surface area contributed by atoms with E-state index in [4.69, 9.17) is 14.2 Å². The molecule has 1 unspecified atom stereocenters. The van der Waals surface area contributed by atoms with E-state index in [0.29, 0.717) is 17.5 Å². The minimum atomic E-state index is 0.331. The Kier molecular flexibility index (Phi) is 4.91. The van der Waals surface area contributed by atoms with E-state index in [0.717, 1.165) is 24.3 Å². The number of nitrogens with one attached hydrogen (secondary N) is 1. The highest BCUT2D eigenvalue weighted by Gasteiger charge is 2.22. The van der Waals surface area contributed by atoms with E-state index in [1.165, 1.54) is 19.3 Å². The van der Waals surface area contributed by atoms with Crippen LogP contribution in [0.15, 0.2) is 12.1 Å². The zero-order valence-electron chi connectivity index (χ0n) is 12.0. The fraction of sp³-hybridized carbons (Fsp3) is 0.600. The molecule has 106 valence electrons. The van der Waals surface area contributed by atoms with Crippen molar-refractivity contribution in [2.24, 2.45) is 0 Å². The summed E-state index contributed by atoms with van der Waals surface area (Å²) in [7, 11) is 4.96. The van der Waals surface area contributed by atoms with Crippen LogP contribution in [-0.4, -0.2) is 27.9 Å². The lowest BCUT2D eigenvalue weighted by Gasteiger charge is -2.22. The van der Waals surface area contributed by atoms with E-state index in [1.54, 1.807) is 21.3 Å². The van der Waals surface area contributed by atoms with Gasteiger partial charge in [-0.15, -0.1) is 0 Å². The summed E-state index contributed by atoms with van der Waals surface area (Å²) in [6.07, 6.45) is 4.91. The predicted octanol–water partition coefficient (Wildman–Crippen LogP) is 2.92. The van der Waals surface area contributed by atoms with Crippen LogP contribution in [0, 0.1) is 0 Å². The molecule has 1 aromatic rings. The Hall–Kier alpha value is -1.42. The Balaban J connectivity index is 2.38. The van der Waals surface area contributed by atoms with Gasteiger partial charge in [-0.3, -0.25) is 0 Å². The standard InChI is InChI=1S/C15H23NO3/c1-17-13-9-8-11(14(18-2)15(13)19-3)12-7-5-4-6-10-16-12/h8-9,12,16H,4-7,10H2,1-3H3. The van der Waals surface area contributed by atoms with Gasteiger partial charge in [-0.1, -0.05) is 12.8 Å². The topological polar surface area (TPSA) is 39.7 Å². The molecule has 2 rings (SSSR count). The largest absolute Gasteiger partial charge is 0.493 e. The summed E-state index contributed by atoms with van der Waals surface area (Å²) in [5.74, 6) is 2.16. The maximum atomic E-state index is 5.56. The first-order valence-electron chi connectivity index (χ1n) is 6.84. The second-order valence-electron chi connectivity index (χ2n) is 4.78. The number of methoxy groups -OCH3 is 3. The quantitative estimate of drug-likeness (QED) is 0.908. The van der Waals surface area contributed by atoms with Gasteiger partial charge in [0.2, 0.25) is 5.75 Å². The molecule has 1 atom stereocenters. The fourth-order valence-electron chi connectivity index (χ4n) is 2.69. The lowest BCUT2D eigenvalue weighted by atomic mass is 10.00. The monoisotopic (exact) mass is 265 g/mol. The van der Waals surface area contributed by atoms with Crippen LogP contribution >= 0.6 is 0 Å². The lowest BCUT2D eigenvalue weighted by Crippen LogP contribution is -2.21. The summed E-state index contributed by atoms with van der Waals surface area (Å²) in [6.45, 7) is 1.06. The van der Waals surface area contributed by atoms with Crippen LogP contribution in [0.3, 0.4) is 0 Å². The third-order valence-electron chi connectivity index (χ3n) is 3.67. The molecule has 1 heterocycles. The first-order valence-corrected chi connectivity index (χ1v) is 6.84. The zero-order valence-corrected chi connectivity index (χ0v) is 12.0. The average molecular weight is 265 g/mol. The van der Waals surface area contributed by atoms with E-state index in [2.05, 4.69) is 11.4 Å². The second-order valence-corrected chi connectivity index (χ2v) is 4.78. The maximum absolute atomic E-state index is 5.56. The van der Waals surface area contributed by atoms with Gasteiger partial charge in [0.1, 0.15) is 0 Å².